The Morgan fingerprint density at radius 3 is 2.65 bits per heavy atom. The monoisotopic (exact) mass is 319 g/mol. The second kappa shape index (κ2) is 6.38. The molecule has 1 unspecified atom stereocenters. The third-order valence-electron chi connectivity index (χ3n) is 2.37. The minimum absolute atomic E-state index is 0.112. The summed E-state index contributed by atoms with van der Waals surface area (Å²) >= 11 is 9.12. The van der Waals surface area contributed by atoms with E-state index in [1.807, 2.05) is 13.8 Å². The zero-order valence-corrected chi connectivity index (χ0v) is 12.0. The molecule has 0 saturated heterocycles. The van der Waals surface area contributed by atoms with Crippen LogP contribution in [0.2, 0.25) is 5.02 Å². The van der Waals surface area contributed by atoms with Crippen molar-refractivity contribution in [2.45, 2.75) is 20.0 Å². The fourth-order valence-electron chi connectivity index (χ4n) is 1.22. The molecule has 17 heavy (non-hydrogen) atoms. The lowest BCUT2D eigenvalue weighted by Gasteiger charge is -2.15. The summed E-state index contributed by atoms with van der Waals surface area (Å²) in [4.78, 5) is 11.8. The topological polar surface area (TPSA) is 49.3 Å². The first-order chi connectivity index (χ1) is 7.90. The average Bonchev–Trinajstić information content (AvgIpc) is 2.23. The fourth-order valence-corrected chi connectivity index (χ4v) is 2.08. The highest BCUT2D eigenvalue weighted by Crippen LogP contribution is 2.19. The van der Waals surface area contributed by atoms with E-state index in [4.69, 9.17) is 11.6 Å². The van der Waals surface area contributed by atoms with E-state index < -0.39 is 6.10 Å². The standard InChI is InChI=1S/C12H15BrClNO2/c1-7(2)11(16)6-15-12(17)8-3-9(13)5-10(14)4-8/h3-5,7,11,16H,6H2,1-2H3,(H,15,17). The molecule has 0 aliphatic rings. The van der Waals surface area contributed by atoms with Crippen LogP contribution in [0.15, 0.2) is 22.7 Å². The van der Waals surface area contributed by atoms with E-state index in [1.165, 1.54) is 0 Å². The van der Waals surface area contributed by atoms with E-state index >= 15 is 0 Å². The SMILES string of the molecule is CC(C)C(O)CNC(=O)c1cc(Cl)cc(Br)c1. The summed E-state index contributed by atoms with van der Waals surface area (Å²) in [5, 5.41) is 12.7. The minimum Gasteiger partial charge on any atom is -0.391 e. The van der Waals surface area contributed by atoms with Gasteiger partial charge < -0.3 is 10.4 Å². The molecule has 0 spiro atoms. The van der Waals surface area contributed by atoms with Gasteiger partial charge in [0.2, 0.25) is 0 Å². The maximum Gasteiger partial charge on any atom is 0.251 e. The van der Waals surface area contributed by atoms with Gasteiger partial charge in [0.15, 0.2) is 0 Å². The molecule has 0 heterocycles. The number of carbonyl (C=O) groups is 1. The molecule has 0 aliphatic heterocycles. The molecule has 3 nitrogen and oxygen atoms in total. The number of carbonyl (C=O) groups excluding carboxylic acids is 1. The van der Waals surface area contributed by atoms with E-state index in [0.717, 1.165) is 4.47 Å². The van der Waals surface area contributed by atoms with Gasteiger partial charge >= 0.3 is 0 Å². The van der Waals surface area contributed by atoms with Crippen LogP contribution in [0, 0.1) is 5.92 Å². The summed E-state index contributed by atoms with van der Waals surface area (Å²) in [5.41, 5.74) is 0.473. The zero-order valence-electron chi connectivity index (χ0n) is 9.71. The zero-order chi connectivity index (χ0) is 13.0. The number of aliphatic hydroxyl groups excluding tert-OH is 1. The lowest BCUT2D eigenvalue weighted by atomic mass is 10.1. The highest BCUT2D eigenvalue weighted by Gasteiger charge is 2.12. The summed E-state index contributed by atoms with van der Waals surface area (Å²) in [7, 11) is 0. The van der Waals surface area contributed by atoms with Gasteiger partial charge in [-0.05, 0) is 24.1 Å². The molecule has 0 aliphatic carbocycles. The van der Waals surface area contributed by atoms with E-state index in [1.54, 1.807) is 18.2 Å². The van der Waals surface area contributed by atoms with E-state index in [2.05, 4.69) is 21.2 Å². The molecule has 1 rings (SSSR count). The number of amides is 1. The number of aliphatic hydroxyl groups is 1. The molecular weight excluding hydrogens is 305 g/mol. The number of rotatable bonds is 4. The van der Waals surface area contributed by atoms with Crippen LogP contribution in [-0.4, -0.2) is 23.7 Å². The third-order valence-corrected chi connectivity index (χ3v) is 3.04. The van der Waals surface area contributed by atoms with Gasteiger partial charge in [0.1, 0.15) is 0 Å². The van der Waals surface area contributed by atoms with Crippen molar-refractivity contribution in [1.82, 2.24) is 5.32 Å². The Balaban J connectivity index is 2.64. The van der Waals surface area contributed by atoms with Crippen LogP contribution in [0.3, 0.4) is 0 Å². The Labute approximate surface area is 114 Å². The van der Waals surface area contributed by atoms with Crippen molar-refractivity contribution in [1.29, 1.82) is 0 Å². The largest absolute Gasteiger partial charge is 0.391 e. The van der Waals surface area contributed by atoms with E-state index in [-0.39, 0.29) is 18.4 Å². The second-order valence-electron chi connectivity index (χ2n) is 4.18. The van der Waals surface area contributed by atoms with E-state index in [9.17, 15) is 9.90 Å². The number of hydrogen-bond acceptors (Lipinski definition) is 2. The van der Waals surface area contributed by atoms with Crippen molar-refractivity contribution in [3.63, 3.8) is 0 Å². The van der Waals surface area contributed by atoms with Crippen molar-refractivity contribution in [3.8, 4) is 0 Å². The van der Waals surface area contributed by atoms with Crippen LogP contribution in [-0.2, 0) is 0 Å². The Morgan fingerprint density at radius 1 is 1.47 bits per heavy atom. The summed E-state index contributed by atoms with van der Waals surface area (Å²) in [6.45, 7) is 4.03. The summed E-state index contributed by atoms with van der Waals surface area (Å²) in [6, 6.07) is 4.98. The molecule has 0 saturated carbocycles. The maximum atomic E-state index is 11.8. The molecule has 5 heteroatoms. The number of halogens is 2. The van der Waals surface area contributed by atoms with Gasteiger partial charge in [-0.15, -0.1) is 0 Å². The first kappa shape index (κ1) is 14.5. The molecule has 0 bridgehead atoms. The Kier molecular flexibility index (Phi) is 5.43. The number of hydrogen-bond donors (Lipinski definition) is 2. The maximum absolute atomic E-state index is 11.8. The molecule has 2 N–H and O–H groups in total. The molecule has 94 valence electrons. The van der Waals surface area contributed by atoms with Crippen LogP contribution in [0.4, 0.5) is 0 Å². The van der Waals surface area contributed by atoms with Crippen molar-refractivity contribution >= 4 is 33.4 Å². The van der Waals surface area contributed by atoms with Gasteiger partial charge in [0.05, 0.1) is 6.10 Å². The van der Waals surface area contributed by atoms with Crippen molar-refractivity contribution in [2.75, 3.05) is 6.54 Å². The van der Waals surface area contributed by atoms with Crippen molar-refractivity contribution in [2.24, 2.45) is 5.92 Å². The molecule has 0 radical (unpaired) electrons. The first-order valence-electron chi connectivity index (χ1n) is 5.32. The third kappa shape index (κ3) is 4.66. The van der Waals surface area contributed by atoms with Crippen LogP contribution >= 0.6 is 27.5 Å². The van der Waals surface area contributed by atoms with Gasteiger partial charge in [-0.25, -0.2) is 0 Å². The van der Waals surface area contributed by atoms with Crippen LogP contribution in [0.5, 0.6) is 0 Å². The van der Waals surface area contributed by atoms with Gasteiger partial charge in [-0.1, -0.05) is 41.4 Å². The minimum atomic E-state index is -0.540. The molecular formula is C12H15BrClNO2. The molecule has 0 fully saturated rings. The van der Waals surface area contributed by atoms with Crippen LogP contribution in [0.25, 0.3) is 0 Å². The quantitative estimate of drug-likeness (QED) is 0.896. The van der Waals surface area contributed by atoms with Gasteiger partial charge in [-0.2, -0.15) is 0 Å². The van der Waals surface area contributed by atoms with Crippen LogP contribution < -0.4 is 5.32 Å². The molecule has 1 amide bonds. The van der Waals surface area contributed by atoms with Crippen molar-refractivity contribution < 1.29 is 9.90 Å². The first-order valence-corrected chi connectivity index (χ1v) is 6.49. The van der Waals surface area contributed by atoms with Gasteiger partial charge in [-0.3, -0.25) is 4.79 Å². The fraction of sp³-hybridized carbons (Fsp3) is 0.417. The lowest BCUT2D eigenvalue weighted by Crippen LogP contribution is -2.34. The number of benzene rings is 1. The molecule has 1 aromatic rings. The molecule has 1 atom stereocenters. The smallest absolute Gasteiger partial charge is 0.251 e. The van der Waals surface area contributed by atoms with E-state index in [0.29, 0.717) is 10.6 Å². The average molecular weight is 321 g/mol. The predicted molar refractivity (Wildman–Crippen MR) is 72.3 cm³/mol. The summed E-state index contributed by atoms with van der Waals surface area (Å²) in [5.74, 6) is -0.130. The Hall–Kier alpha value is -0.580. The Bertz CT molecular complexity index is 389. The summed E-state index contributed by atoms with van der Waals surface area (Å²) in [6.07, 6.45) is -0.540. The van der Waals surface area contributed by atoms with Crippen molar-refractivity contribution in [3.05, 3.63) is 33.3 Å². The van der Waals surface area contributed by atoms with Gasteiger partial charge in [0, 0.05) is 21.6 Å². The highest BCUT2D eigenvalue weighted by atomic mass is 79.9. The van der Waals surface area contributed by atoms with Crippen LogP contribution in [0.1, 0.15) is 24.2 Å². The molecule has 0 aromatic heterocycles. The van der Waals surface area contributed by atoms with Gasteiger partial charge in [0.25, 0.3) is 5.91 Å². The number of nitrogens with one attached hydrogen (secondary N) is 1. The normalized spacial score (nSPS) is 12.6. The lowest BCUT2D eigenvalue weighted by molar-refractivity contribution is 0.0871. The predicted octanol–water partition coefficient (Wildman–Crippen LogP) is 2.85. The highest BCUT2D eigenvalue weighted by molar-refractivity contribution is 9.10. The summed E-state index contributed by atoms with van der Waals surface area (Å²) < 4.78 is 0.750. The Morgan fingerprint density at radius 2 is 2.12 bits per heavy atom. The second-order valence-corrected chi connectivity index (χ2v) is 5.53. The molecule has 1 aromatic carbocycles.